The van der Waals surface area contributed by atoms with Crippen molar-refractivity contribution in [2.45, 2.75) is 24.5 Å². The maximum atomic E-state index is 11.2. The van der Waals surface area contributed by atoms with Crippen LogP contribution in [0.3, 0.4) is 0 Å². The number of aliphatic hydroxyl groups excluding tert-OH is 3. The molecule has 1 saturated heterocycles. The molecule has 2 amide bonds. The van der Waals surface area contributed by atoms with Gasteiger partial charge < -0.3 is 31.5 Å². The van der Waals surface area contributed by atoms with Crippen molar-refractivity contribution in [1.29, 1.82) is 0 Å². The second kappa shape index (κ2) is 5.83. The first-order chi connectivity index (χ1) is 8.38. The van der Waals surface area contributed by atoms with Crippen LogP contribution in [-0.4, -0.2) is 57.4 Å². The minimum absolute atomic E-state index is 0.174. The number of nitrogens with two attached hydrogens (primary N) is 2. The molecule has 1 aliphatic rings. The Morgan fingerprint density at radius 1 is 1.39 bits per heavy atom. The van der Waals surface area contributed by atoms with Gasteiger partial charge in [-0.25, -0.2) is 4.79 Å². The van der Waals surface area contributed by atoms with Gasteiger partial charge in [0.15, 0.2) is 6.23 Å². The van der Waals surface area contributed by atoms with Crippen LogP contribution < -0.4 is 11.5 Å². The molecule has 18 heavy (non-hydrogen) atoms. The Balaban J connectivity index is 2.87. The third-order valence-corrected chi connectivity index (χ3v) is 2.50. The maximum absolute atomic E-state index is 11.2. The SMILES string of the molecule is C=C(N)/C=C\N(C(N)=O)[C@@H]1O[C@H](CO)C(O)C1O. The Kier molecular flexibility index (Phi) is 4.68. The highest BCUT2D eigenvalue weighted by Crippen LogP contribution is 2.24. The standard InChI is InChI=1S/C10H17N3O5/c1-5(11)2-3-13(10(12)17)9-8(16)7(15)6(4-14)18-9/h2-3,6-9,14-16H,1,4,11H2,(H2,12,17)/b3-2-/t6-,7?,8?,9-/m1/s1. The van der Waals surface area contributed by atoms with Gasteiger partial charge in [0, 0.05) is 11.9 Å². The average molecular weight is 259 g/mol. The van der Waals surface area contributed by atoms with Crippen LogP contribution in [0.15, 0.2) is 24.6 Å². The first-order valence-corrected chi connectivity index (χ1v) is 5.21. The van der Waals surface area contributed by atoms with Crippen molar-refractivity contribution >= 4 is 6.03 Å². The third-order valence-electron chi connectivity index (χ3n) is 2.50. The summed E-state index contributed by atoms with van der Waals surface area (Å²) in [6.07, 6.45) is -2.39. The van der Waals surface area contributed by atoms with Gasteiger partial charge in [0.1, 0.15) is 18.3 Å². The predicted octanol–water partition coefficient (Wildman–Crippen LogP) is -2.21. The van der Waals surface area contributed by atoms with Crippen LogP contribution in [0.2, 0.25) is 0 Å². The highest BCUT2D eigenvalue weighted by atomic mass is 16.6. The Labute approximate surface area is 104 Å². The van der Waals surface area contributed by atoms with Crippen LogP contribution in [0.4, 0.5) is 4.79 Å². The smallest absolute Gasteiger partial charge is 0.321 e. The molecule has 2 unspecified atom stereocenters. The number of allylic oxidation sites excluding steroid dienone is 1. The van der Waals surface area contributed by atoms with Gasteiger partial charge in [-0.3, -0.25) is 4.90 Å². The summed E-state index contributed by atoms with van der Waals surface area (Å²) in [6.45, 7) is 2.91. The van der Waals surface area contributed by atoms with Crippen molar-refractivity contribution in [2.24, 2.45) is 11.5 Å². The quantitative estimate of drug-likeness (QED) is 0.362. The van der Waals surface area contributed by atoms with Gasteiger partial charge >= 0.3 is 6.03 Å². The molecule has 0 saturated carbocycles. The number of urea groups is 1. The van der Waals surface area contributed by atoms with Crippen molar-refractivity contribution < 1.29 is 24.9 Å². The molecule has 8 heteroatoms. The van der Waals surface area contributed by atoms with Crippen LogP contribution in [0.5, 0.6) is 0 Å². The molecule has 1 fully saturated rings. The number of hydrogen-bond donors (Lipinski definition) is 5. The van der Waals surface area contributed by atoms with E-state index in [2.05, 4.69) is 6.58 Å². The van der Waals surface area contributed by atoms with Crippen molar-refractivity contribution in [3.8, 4) is 0 Å². The summed E-state index contributed by atoms with van der Waals surface area (Å²) in [5.41, 5.74) is 10.6. The molecule has 0 aromatic rings. The summed E-state index contributed by atoms with van der Waals surface area (Å²) < 4.78 is 5.14. The summed E-state index contributed by atoms with van der Waals surface area (Å²) in [7, 11) is 0. The number of rotatable bonds is 4. The molecular weight excluding hydrogens is 242 g/mol. The summed E-state index contributed by atoms with van der Waals surface area (Å²) in [5, 5.41) is 28.2. The summed E-state index contributed by atoms with van der Waals surface area (Å²) in [4.78, 5) is 12.1. The molecule has 102 valence electrons. The molecule has 0 bridgehead atoms. The lowest BCUT2D eigenvalue weighted by molar-refractivity contribution is -0.0639. The Hall–Kier alpha value is -1.61. The minimum Gasteiger partial charge on any atom is -0.399 e. The fourth-order valence-corrected chi connectivity index (χ4v) is 1.57. The molecule has 1 aliphatic heterocycles. The number of carbonyl (C=O) groups excluding carboxylic acids is 1. The molecule has 7 N–H and O–H groups in total. The highest BCUT2D eigenvalue weighted by molar-refractivity contribution is 5.73. The fraction of sp³-hybridized carbons (Fsp3) is 0.500. The Morgan fingerprint density at radius 2 is 2.00 bits per heavy atom. The largest absolute Gasteiger partial charge is 0.399 e. The van der Waals surface area contributed by atoms with E-state index in [1.165, 1.54) is 12.3 Å². The van der Waals surface area contributed by atoms with E-state index in [1.54, 1.807) is 0 Å². The zero-order chi connectivity index (χ0) is 13.9. The molecule has 0 aliphatic carbocycles. The maximum Gasteiger partial charge on any atom is 0.321 e. The van der Waals surface area contributed by atoms with E-state index < -0.39 is 37.2 Å². The van der Waals surface area contributed by atoms with Crippen LogP contribution in [-0.2, 0) is 4.74 Å². The van der Waals surface area contributed by atoms with Crippen LogP contribution in [0.1, 0.15) is 0 Å². The lowest BCUT2D eigenvalue weighted by Gasteiger charge is -2.25. The Bertz CT molecular complexity index is 359. The molecule has 0 spiro atoms. The first-order valence-electron chi connectivity index (χ1n) is 5.21. The number of nitrogens with zero attached hydrogens (tertiary/aromatic N) is 1. The van der Waals surface area contributed by atoms with Gasteiger partial charge in [-0.15, -0.1) is 0 Å². The van der Waals surface area contributed by atoms with Crippen molar-refractivity contribution in [3.63, 3.8) is 0 Å². The van der Waals surface area contributed by atoms with Crippen LogP contribution in [0, 0.1) is 0 Å². The van der Waals surface area contributed by atoms with Crippen molar-refractivity contribution in [3.05, 3.63) is 24.6 Å². The zero-order valence-corrected chi connectivity index (χ0v) is 9.64. The lowest BCUT2D eigenvalue weighted by atomic mass is 10.1. The molecule has 8 nitrogen and oxygen atoms in total. The van der Waals surface area contributed by atoms with Crippen LogP contribution in [0.25, 0.3) is 0 Å². The third kappa shape index (κ3) is 2.99. The summed E-state index contributed by atoms with van der Waals surface area (Å²) in [5.74, 6) is 0. The number of amides is 2. The Morgan fingerprint density at radius 3 is 2.39 bits per heavy atom. The van der Waals surface area contributed by atoms with Gasteiger partial charge in [0.2, 0.25) is 0 Å². The average Bonchev–Trinajstić information content (AvgIpc) is 2.56. The van der Waals surface area contributed by atoms with Gasteiger partial charge in [-0.1, -0.05) is 6.58 Å². The monoisotopic (exact) mass is 259 g/mol. The predicted molar refractivity (Wildman–Crippen MR) is 61.7 cm³/mol. The zero-order valence-electron chi connectivity index (χ0n) is 9.64. The van der Waals surface area contributed by atoms with Gasteiger partial charge in [0.05, 0.1) is 6.61 Å². The molecule has 0 radical (unpaired) electrons. The topological polar surface area (TPSA) is 142 Å². The minimum atomic E-state index is -1.38. The summed E-state index contributed by atoms with van der Waals surface area (Å²) >= 11 is 0. The molecule has 1 heterocycles. The summed E-state index contributed by atoms with van der Waals surface area (Å²) in [6, 6.07) is -0.901. The normalized spacial score (nSPS) is 31.7. The van der Waals surface area contributed by atoms with Gasteiger partial charge in [0.25, 0.3) is 0 Å². The van der Waals surface area contributed by atoms with E-state index in [9.17, 15) is 15.0 Å². The first kappa shape index (κ1) is 14.5. The molecule has 0 aromatic carbocycles. The van der Waals surface area contributed by atoms with Crippen LogP contribution >= 0.6 is 0 Å². The van der Waals surface area contributed by atoms with E-state index in [1.807, 2.05) is 0 Å². The number of aliphatic hydroxyl groups is 3. The highest BCUT2D eigenvalue weighted by Gasteiger charge is 2.45. The van der Waals surface area contributed by atoms with Crippen molar-refractivity contribution in [2.75, 3.05) is 6.61 Å². The van der Waals surface area contributed by atoms with E-state index in [4.69, 9.17) is 21.3 Å². The van der Waals surface area contributed by atoms with E-state index >= 15 is 0 Å². The van der Waals surface area contributed by atoms with Crippen molar-refractivity contribution in [1.82, 2.24) is 4.90 Å². The van der Waals surface area contributed by atoms with E-state index in [0.717, 1.165) is 4.90 Å². The van der Waals surface area contributed by atoms with E-state index in [0.29, 0.717) is 0 Å². The number of carbonyl (C=O) groups is 1. The molecule has 4 atom stereocenters. The molecular formula is C10H17N3O5. The van der Waals surface area contributed by atoms with E-state index in [-0.39, 0.29) is 5.70 Å². The second-order valence-electron chi connectivity index (χ2n) is 3.87. The molecule has 1 rings (SSSR count). The number of hydrogen-bond acceptors (Lipinski definition) is 6. The lowest BCUT2D eigenvalue weighted by Crippen LogP contribution is -2.46. The van der Waals surface area contributed by atoms with Gasteiger partial charge in [-0.05, 0) is 6.08 Å². The number of ether oxygens (including phenoxy) is 1. The second-order valence-corrected chi connectivity index (χ2v) is 3.87. The molecule has 0 aromatic heterocycles. The number of primary amides is 1. The van der Waals surface area contributed by atoms with Gasteiger partial charge in [-0.2, -0.15) is 0 Å². The fourth-order valence-electron chi connectivity index (χ4n) is 1.57.